The van der Waals surface area contributed by atoms with Gasteiger partial charge in [-0.25, -0.2) is 8.42 Å². The van der Waals surface area contributed by atoms with E-state index < -0.39 is 10.0 Å². The molecule has 1 fully saturated rings. The molecule has 29 heavy (non-hydrogen) atoms. The number of fused-ring (bicyclic) bond motifs is 1. The first kappa shape index (κ1) is 19.9. The fraction of sp³-hybridized carbons (Fsp3) is 0.381. The molecule has 0 atom stereocenters. The molecular weight excluding hydrogens is 392 g/mol. The van der Waals surface area contributed by atoms with Crippen LogP contribution >= 0.6 is 0 Å². The van der Waals surface area contributed by atoms with E-state index >= 15 is 0 Å². The van der Waals surface area contributed by atoms with Crippen LogP contribution in [0.2, 0.25) is 0 Å². The molecule has 0 bridgehead atoms. The number of anilines is 1. The number of ether oxygens (including phenoxy) is 2. The quantitative estimate of drug-likeness (QED) is 0.748. The lowest BCUT2D eigenvalue weighted by Gasteiger charge is -2.26. The van der Waals surface area contributed by atoms with Gasteiger partial charge in [-0.1, -0.05) is 12.1 Å². The van der Waals surface area contributed by atoms with Gasteiger partial charge in [0.25, 0.3) is 5.91 Å². The van der Waals surface area contributed by atoms with Crippen molar-refractivity contribution in [3.8, 4) is 5.75 Å². The fourth-order valence-corrected chi connectivity index (χ4v) is 5.21. The molecule has 0 N–H and O–H groups in total. The molecule has 0 unspecified atom stereocenters. The van der Waals surface area contributed by atoms with Crippen LogP contribution in [0.5, 0.6) is 5.75 Å². The van der Waals surface area contributed by atoms with Crippen LogP contribution in [-0.4, -0.2) is 58.1 Å². The van der Waals surface area contributed by atoms with Crippen molar-refractivity contribution in [1.82, 2.24) is 4.31 Å². The van der Waals surface area contributed by atoms with Crippen molar-refractivity contribution in [2.45, 2.75) is 18.2 Å². The summed E-state index contributed by atoms with van der Waals surface area (Å²) in [6, 6.07) is 12.2. The highest BCUT2D eigenvalue weighted by Gasteiger charge is 2.31. The number of benzene rings is 2. The van der Waals surface area contributed by atoms with Gasteiger partial charge in [-0.05, 0) is 49.2 Å². The van der Waals surface area contributed by atoms with Gasteiger partial charge in [-0.15, -0.1) is 0 Å². The fourth-order valence-electron chi connectivity index (χ4n) is 3.76. The molecule has 1 saturated heterocycles. The van der Waals surface area contributed by atoms with Crippen molar-refractivity contribution in [2.75, 3.05) is 44.4 Å². The van der Waals surface area contributed by atoms with Crippen LogP contribution in [0.1, 0.15) is 22.8 Å². The SMILES string of the molecule is CCOc1ccccc1C(=O)N1CCc2cc(S(=O)(=O)N3CCOCC3)ccc21. The summed E-state index contributed by atoms with van der Waals surface area (Å²) in [5.41, 5.74) is 2.12. The number of hydrogen-bond donors (Lipinski definition) is 0. The molecule has 8 heteroatoms. The molecule has 1 amide bonds. The normalized spacial score (nSPS) is 17.2. The molecule has 0 aliphatic carbocycles. The summed E-state index contributed by atoms with van der Waals surface area (Å²) in [5.74, 6) is 0.413. The minimum atomic E-state index is -3.56. The first-order valence-electron chi connectivity index (χ1n) is 9.77. The Balaban J connectivity index is 1.61. The average molecular weight is 416 g/mol. The predicted octanol–water partition coefficient (Wildman–Crippen LogP) is 2.31. The van der Waals surface area contributed by atoms with Crippen LogP contribution in [0, 0.1) is 0 Å². The highest BCUT2D eigenvalue weighted by atomic mass is 32.2. The zero-order chi connectivity index (χ0) is 20.4. The average Bonchev–Trinajstić information content (AvgIpc) is 3.18. The zero-order valence-corrected chi connectivity index (χ0v) is 17.2. The molecule has 2 aliphatic heterocycles. The second-order valence-corrected chi connectivity index (χ2v) is 8.88. The maximum Gasteiger partial charge on any atom is 0.262 e. The van der Waals surface area contributed by atoms with E-state index in [1.54, 1.807) is 35.2 Å². The Kier molecular flexibility index (Phi) is 5.58. The van der Waals surface area contributed by atoms with Crippen molar-refractivity contribution >= 4 is 21.6 Å². The van der Waals surface area contributed by atoms with E-state index in [1.807, 2.05) is 19.1 Å². The van der Waals surface area contributed by atoms with Gasteiger partial charge in [0.15, 0.2) is 0 Å². The summed E-state index contributed by atoms with van der Waals surface area (Å²) in [5, 5.41) is 0. The maximum atomic E-state index is 13.1. The Morgan fingerprint density at radius 1 is 1.10 bits per heavy atom. The van der Waals surface area contributed by atoms with Crippen LogP contribution < -0.4 is 9.64 Å². The Hall–Kier alpha value is -2.42. The molecule has 4 rings (SSSR count). The third-order valence-corrected chi connectivity index (χ3v) is 7.11. The molecular formula is C21H24N2O5S. The number of carbonyl (C=O) groups is 1. The Labute approximate surface area is 170 Å². The van der Waals surface area contributed by atoms with Crippen LogP contribution in [-0.2, 0) is 21.2 Å². The number of amides is 1. The van der Waals surface area contributed by atoms with E-state index in [1.165, 1.54) is 4.31 Å². The first-order valence-corrected chi connectivity index (χ1v) is 11.2. The minimum Gasteiger partial charge on any atom is -0.493 e. The van der Waals surface area contributed by atoms with E-state index in [0.717, 1.165) is 11.3 Å². The van der Waals surface area contributed by atoms with Crippen molar-refractivity contribution in [3.05, 3.63) is 53.6 Å². The molecule has 0 radical (unpaired) electrons. The van der Waals surface area contributed by atoms with Crippen LogP contribution in [0.15, 0.2) is 47.4 Å². The zero-order valence-electron chi connectivity index (χ0n) is 16.3. The number of carbonyl (C=O) groups excluding carboxylic acids is 1. The van der Waals surface area contributed by atoms with Crippen molar-refractivity contribution in [3.63, 3.8) is 0 Å². The van der Waals surface area contributed by atoms with Gasteiger partial charge < -0.3 is 14.4 Å². The second-order valence-electron chi connectivity index (χ2n) is 6.94. The number of hydrogen-bond acceptors (Lipinski definition) is 5. The third kappa shape index (κ3) is 3.75. The smallest absolute Gasteiger partial charge is 0.262 e. The second kappa shape index (κ2) is 8.14. The van der Waals surface area contributed by atoms with E-state index in [0.29, 0.717) is 57.2 Å². The predicted molar refractivity (Wildman–Crippen MR) is 109 cm³/mol. The monoisotopic (exact) mass is 416 g/mol. The van der Waals surface area contributed by atoms with E-state index in [-0.39, 0.29) is 10.8 Å². The van der Waals surface area contributed by atoms with Crippen LogP contribution in [0.3, 0.4) is 0 Å². The molecule has 7 nitrogen and oxygen atoms in total. The summed E-state index contributed by atoms with van der Waals surface area (Å²) in [4.78, 5) is 15.1. The molecule has 0 aromatic heterocycles. The summed E-state index contributed by atoms with van der Waals surface area (Å²) in [7, 11) is -3.56. The van der Waals surface area contributed by atoms with Crippen LogP contribution in [0.4, 0.5) is 5.69 Å². The Morgan fingerprint density at radius 3 is 2.62 bits per heavy atom. The Morgan fingerprint density at radius 2 is 1.86 bits per heavy atom. The van der Waals surface area contributed by atoms with Crippen molar-refractivity contribution in [2.24, 2.45) is 0 Å². The lowest BCUT2D eigenvalue weighted by atomic mass is 10.1. The first-order chi connectivity index (χ1) is 14.0. The lowest BCUT2D eigenvalue weighted by molar-refractivity contribution is 0.0730. The van der Waals surface area contributed by atoms with Gasteiger partial charge in [-0.2, -0.15) is 4.31 Å². The summed E-state index contributed by atoms with van der Waals surface area (Å²) in [6.45, 7) is 4.40. The van der Waals surface area contributed by atoms with Gasteiger partial charge in [0.05, 0.1) is 30.3 Å². The molecule has 2 aromatic rings. The van der Waals surface area contributed by atoms with E-state index in [4.69, 9.17) is 9.47 Å². The highest BCUT2D eigenvalue weighted by Crippen LogP contribution is 2.33. The summed E-state index contributed by atoms with van der Waals surface area (Å²) in [6.07, 6.45) is 0.615. The molecule has 0 spiro atoms. The highest BCUT2D eigenvalue weighted by molar-refractivity contribution is 7.89. The third-order valence-electron chi connectivity index (χ3n) is 5.22. The maximum absolute atomic E-state index is 13.1. The van der Waals surface area contributed by atoms with Gasteiger partial charge in [0, 0.05) is 25.3 Å². The number of para-hydroxylation sites is 1. The van der Waals surface area contributed by atoms with E-state index in [2.05, 4.69) is 0 Å². The summed E-state index contributed by atoms with van der Waals surface area (Å²) >= 11 is 0. The molecule has 2 aromatic carbocycles. The number of sulfonamides is 1. The molecule has 154 valence electrons. The van der Waals surface area contributed by atoms with Gasteiger partial charge in [0.2, 0.25) is 10.0 Å². The topological polar surface area (TPSA) is 76.2 Å². The minimum absolute atomic E-state index is 0.142. The van der Waals surface area contributed by atoms with Crippen LogP contribution in [0.25, 0.3) is 0 Å². The number of morpholine rings is 1. The molecule has 2 aliphatic rings. The molecule has 2 heterocycles. The number of rotatable bonds is 5. The van der Waals surface area contributed by atoms with Gasteiger partial charge >= 0.3 is 0 Å². The van der Waals surface area contributed by atoms with E-state index in [9.17, 15) is 13.2 Å². The summed E-state index contributed by atoms with van der Waals surface area (Å²) < 4.78 is 38.1. The van der Waals surface area contributed by atoms with Crippen molar-refractivity contribution < 1.29 is 22.7 Å². The lowest BCUT2D eigenvalue weighted by Crippen LogP contribution is -2.40. The van der Waals surface area contributed by atoms with Crippen molar-refractivity contribution in [1.29, 1.82) is 0 Å². The molecule has 0 saturated carbocycles. The largest absolute Gasteiger partial charge is 0.493 e. The van der Waals surface area contributed by atoms with Gasteiger partial charge in [-0.3, -0.25) is 4.79 Å². The number of nitrogens with zero attached hydrogens (tertiary/aromatic N) is 2. The Bertz CT molecular complexity index is 1020. The van der Waals surface area contributed by atoms with Gasteiger partial charge in [0.1, 0.15) is 5.75 Å². The standard InChI is InChI=1S/C21H24N2O5S/c1-2-28-20-6-4-3-5-18(20)21(24)23-10-9-16-15-17(7-8-19(16)23)29(25,26)22-11-13-27-14-12-22/h3-8,15H,2,9-14H2,1H3.